The van der Waals surface area contributed by atoms with Crippen molar-refractivity contribution in [1.82, 2.24) is 40.5 Å². The minimum absolute atomic E-state index is 0.0211. The van der Waals surface area contributed by atoms with Crippen LogP contribution >= 0.6 is 0 Å². The van der Waals surface area contributed by atoms with Gasteiger partial charge in [0.05, 0.1) is 25.0 Å². The summed E-state index contributed by atoms with van der Waals surface area (Å²) in [5.74, 6) is -1.59. The van der Waals surface area contributed by atoms with E-state index >= 15 is 0 Å². The van der Waals surface area contributed by atoms with Gasteiger partial charge in [-0.25, -0.2) is 13.2 Å². The Morgan fingerprint density at radius 3 is 2.63 bits per heavy atom. The molecule has 0 spiro atoms. The van der Waals surface area contributed by atoms with E-state index in [2.05, 4.69) is 37.3 Å². The zero-order chi connectivity index (χ0) is 37.4. The molecule has 1 saturated heterocycles. The van der Waals surface area contributed by atoms with Gasteiger partial charge in [-0.15, -0.1) is 16.8 Å². The van der Waals surface area contributed by atoms with Gasteiger partial charge in [0.25, 0.3) is 5.91 Å². The van der Waals surface area contributed by atoms with Gasteiger partial charge in [-0.2, -0.15) is 4.80 Å². The summed E-state index contributed by atoms with van der Waals surface area (Å²) in [6.45, 7) is 9.25. The summed E-state index contributed by atoms with van der Waals surface area (Å²) < 4.78 is 38.5. The first-order chi connectivity index (χ1) is 24.7. The Labute approximate surface area is 302 Å². The number of benzene rings is 1. The van der Waals surface area contributed by atoms with Crippen LogP contribution in [0.3, 0.4) is 0 Å². The number of nitrogens with one attached hydrogen (secondary N) is 3. The molecule has 6 bridgehead atoms. The number of ether oxygens (including phenoxy) is 2. The van der Waals surface area contributed by atoms with E-state index in [9.17, 15) is 27.6 Å². The smallest absolute Gasteiger partial charge is 0.407 e. The fraction of sp³-hybridized carbons (Fsp3) is 0.571. The number of carbonyl (C=O) groups is 4. The van der Waals surface area contributed by atoms with Gasteiger partial charge in [0.2, 0.25) is 27.7 Å². The molecule has 3 heterocycles. The Morgan fingerprint density at radius 2 is 1.96 bits per heavy atom. The van der Waals surface area contributed by atoms with Gasteiger partial charge in [0, 0.05) is 30.0 Å². The molecule has 3 fully saturated rings. The van der Waals surface area contributed by atoms with Crippen LogP contribution in [0.5, 0.6) is 5.75 Å². The standard InChI is InChI=1S/C35H46N8O8S/c1-6-23-19-35(23,32(46)40-52(48,49)25-13-14-25)37-30(44)26-18-24-20-42(26)31(45)28(34(2,3)4)36-33(47)51-16-10-8-7-9-11-21-17-22(12-15-27(21)50-5)29-38-41-43(24)39-29/h6,9,11-12,15,17,23-26,28H,1,7-8,10,13-14,16,18-20H2,2-5H3,(H,36,47)(H,37,44)(H,40,46)/b11-9-/t23-,24+,26-,28-,35-/m0/s1. The lowest BCUT2D eigenvalue weighted by atomic mass is 9.85. The van der Waals surface area contributed by atoms with E-state index in [4.69, 9.17) is 9.47 Å². The molecule has 5 atom stereocenters. The van der Waals surface area contributed by atoms with Crippen LogP contribution in [0.15, 0.2) is 36.9 Å². The molecule has 4 aliphatic rings. The van der Waals surface area contributed by atoms with Gasteiger partial charge in [-0.05, 0) is 67.4 Å². The number of aromatic nitrogens is 4. The molecule has 17 heteroatoms. The first-order valence-corrected chi connectivity index (χ1v) is 19.1. The average Bonchev–Trinajstić information content (AvgIpc) is 3.97. The number of hydrogen-bond donors (Lipinski definition) is 3. The third-order valence-corrected chi connectivity index (χ3v) is 11.8. The maximum absolute atomic E-state index is 14.4. The number of rotatable bonds is 7. The van der Waals surface area contributed by atoms with Crippen LogP contribution in [0.1, 0.15) is 77.3 Å². The third kappa shape index (κ3) is 7.68. The van der Waals surface area contributed by atoms with Crippen molar-refractivity contribution in [2.45, 2.75) is 94.6 Å². The largest absolute Gasteiger partial charge is 0.496 e. The Morgan fingerprint density at radius 1 is 1.19 bits per heavy atom. The highest BCUT2D eigenvalue weighted by Crippen LogP contribution is 2.46. The van der Waals surface area contributed by atoms with E-state index in [1.54, 1.807) is 27.9 Å². The fourth-order valence-corrected chi connectivity index (χ4v) is 8.07. The summed E-state index contributed by atoms with van der Waals surface area (Å²) in [5.41, 5.74) is -0.861. The lowest BCUT2D eigenvalue weighted by molar-refractivity contribution is -0.142. The van der Waals surface area contributed by atoms with Crippen molar-refractivity contribution in [1.29, 1.82) is 0 Å². The van der Waals surface area contributed by atoms with Crippen molar-refractivity contribution < 1.29 is 37.1 Å². The number of cyclic esters (lactones) is 1. The summed E-state index contributed by atoms with van der Waals surface area (Å²) >= 11 is 0. The number of carbonyl (C=O) groups excluding carboxylic acids is 4. The van der Waals surface area contributed by atoms with Crippen LogP contribution in [-0.4, -0.2) is 100 Å². The summed E-state index contributed by atoms with van der Waals surface area (Å²) in [7, 11) is -2.31. The number of nitrogens with zero attached hydrogens (tertiary/aromatic N) is 5. The van der Waals surface area contributed by atoms with Gasteiger partial charge in [0.15, 0.2) is 0 Å². The Balaban J connectivity index is 1.33. The zero-order valence-corrected chi connectivity index (χ0v) is 30.6. The van der Waals surface area contributed by atoms with Crippen molar-refractivity contribution in [2.24, 2.45) is 11.3 Å². The SMILES string of the molecule is C=C[C@H]1C[C@@]1(NC(=O)[C@@H]1C[C@@H]2CN1C(=O)[C@@H](C(C)(C)C)NC(=O)OCCCC/C=C\c1cc(ccc1OC)-c1nnn2n1)C(=O)NS(=O)(=O)C1CC1. The van der Waals surface area contributed by atoms with Gasteiger partial charge >= 0.3 is 6.09 Å². The average molecular weight is 739 g/mol. The van der Waals surface area contributed by atoms with Crippen molar-refractivity contribution in [3.8, 4) is 17.1 Å². The molecular formula is C35H46N8O8S. The molecule has 2 aliphatic carbocycles. The highest BCUT2D eigenvalue weighted by molar-refractivity contribution is 7.91. The van der Waals surface area contributed by atoms with E-state index in [1.807, 2.05) is 30.4 Å². The number of methoxy groups -OCH3 is 1. The summed E-state index contributed by atoms with van der Waals surface area (Å²) in [6.07, 6.45) is 7.85. The first kappa shape index (κ1) is 37.0. The molecule has 0 unspecified atom stereocenters. The molecule has 1 aromatic heterocycles. The molecule has 2 aromatic rings. The first-order valence-electron chi connectivity index (χ1n) is 17.6. The van der Waals surface area contributed by atoms with Crippen LogP contribution in [0.25, 0.3) is 17.5 Å². The quantitative estimate of drug-likeness (QED) is 0.352. The molecule has 16 nitrogen and oxygen atoms in total. The second kappa shape index (κ2) is 14.3. The number of alkyl carbamates (subject to hydrolysis) is 1. The van der Waals surface area contributed by atoms with Crippen LogP contribution < -0.4 is 20.1 Å². The van der Waals surface area contributed by atoms with Crippen LogP contribution in [0.2, 0.25) is 0 Å². The minimum Gasteiger partial charge on any atom is -0.496 e. The fourth-order valence-electron chi connectivity index (χ4n) is 6.70. The molecule has 3 N–H and O–H groups in total. The molecule has 2 saturated carbocycles. The predicted octanol–water partition coefficient (Wildman–Crippen LogP) is 2.50. The number of amides is 4. The lowest BCUT2D eigenvalue weighted by Crippen LogP contribution is -2.60. The van der Waals surface area contributed by atoms with Crippen molar-refractivity contribution in [2.75, 3.05) is 20.3 Å². The van der Waals surface area contributed by atoms with Gasteiger partial charge in [-0.1, -0.05) is 39.0 Å². The summed E-state index contributed by atoms with van der Waals surface area (Å²) in [5, 5.41) is 18.1. The highest BCUT2D eigenvalue weighted by atomic mass is 32.2. The second-order valence-electron chi connectivity index (χ2n) is 14.9. The molecule has 6 rings (SSSR count). The van der Waals surface area contributed by atoms with Crippen molar-refractivity contribution >= 4 is 39.9 Å². The van der Waals surface area contributed by atoms with Crippen LogP contribution in [0, 0.1) is 11.3 Å². The number of tetrazole rings is 1. The molecule has 0 radical (unpaired) electrons. The Bertz CT molecular complexity index is 1880. The molecular weight excluding hydrogens is 693 g/mol. The normalized spacial score (nSPS) is 27.4. The highest BCUT2D eigenvalue weighted by Gasteiger charge is 2.62. The van der Waals surface area contributed by atoms with Gasteiger partial charge < -0.3 is 25.0 Å². The van der Waals surface area contributed by atoms with E-state index in [-0.39, 0.29) is 26.0 Å². The minimum atomic E-state index is -3.90. The third-order valence-electron chi connectivity index (χ3n) is 10.0. The predicted molar refractivity (Wildman–Crippen MR) is 189 cm³/mol. The maximum atomic E-state index is 14.4. The van der Waals surface area contributed by atoms with Gasteiger partial charge in [0.1, 0.15) is 23.4 Å². The number of fused-ring (bicyclic) bond motifs is 8. The Kier molecular flexibility index (Phi) is 10.2. The molecule has 2 aliphatic heterocycles. The van der Waals surface area contributed by atoms with Crippen molar-refractivity contribution in [3.63, 3.8) is 0 Å². The van der Waals surface area contributed by atoms with Crippen molar-refractivity contribution in [3.05, 3.63) is 42.5 Å². The zero-order valence-electron chi connectivity index (χ0n) is 29.8. The molecule has 280 valence electrons. The van der Waals surface area contributed by atoms with Gasteiger partial charge in [-0.3, -0.25) is 19.1 Å². The number of hydrogen-bond acceptors (Lipinski definition) is 11. The summed E-state index contributed by atoms with van der Waals surface area (Å²) in [6, 6.07) is 2.66. The van der Waals surface area contributed by atoms with Crippen LogP contribution in [-0.2, 0) is 29.1 Å². The number of allylic oxidation sites excluding steroid dienone is 1. The Hall–Kier alpha value is -4.80. The molecule has 1 aromatic carbocycles. The van der Waals surface area contributed by atoms with Crippen LogP contribution in [0.4, 0.5) is 4.79 Å². The molecule has 52 heavy (non-hydrogen) atoms. The lowest BCUT2D eigenvalue weighted by Gasteiger charge is -2.35. The van der Waals surface area contributed by atoms with E-state index in [1.165, 1.54) is 15.8 Å². The maximum Gasteiger partial charge on any atom is 0.407 e. The number of sulfonamides is 1. The van der Waals surface area contributed by atoms with E-state index in [0.717, 1.165) is 18.4 Å². The van der Waals surface area contributed by atoms with E-state index < -0.39 is 74.1 Å². The molecule has 4 amide bonds. The monoisotopic (exact) mass is 738 g/mol. The summed E-state index contributed by atoms with van der Waals surface area (Å²) in [4.78, 5) is 57.9. The van der Waals surface area contributed by atoms with E-state index in [0.29, 0.717) is 36.4 Å². The topological polar surface area (TPSA) is 204 Å². The second-order valence-corrected chi connectivity index (χ2v) is 16.9.